The minimum Gasteiger partial charge on any atom is -0.380 e. The van der Waals surface area contributed by atoms with Crippen LogP contribution in [0.2, 0.25) is 0 Å². The molecule has 0 amide bonds. The molecule has 0 radical (unpaired) electrons. The fourth-order valence-corrected chi connectivity index (χ4v) is 2.68. The summed E-state index contributed by atoms with van der Waals surface area (Å²) >= 11 is 0. The molecular formula is C17H14N2O. The largest absolute Gasteiger partial charge is 0.380 e. The van der Waals surface area contributed by atoms with Crippen molar-refractivity contribution < 1.29 is 4.84 Å². The van der Waals surface area contributed by atoms with Crippen LogP contribution >= 0.6 is 0 Å². The van der Waals surface area contributed by atoms with E-state index >= 15 is 0 Å². The van der Waals surface area contributed by atoms with Crippen molar-refractivity contribution in [2.45, 2.75) is 6.42 Å². The van der Waals surface area contributed by atoms with Crippen LogP contribution in [0.4, 0.5) is 5.69 Å². The van der Waals surface area contributed by atoms with Gasteiger partial charge < -0.3 is 4.84 Å². The Morgan fingerprint density at radius 2 is 1.75 bits per heavy atom. The van der Waals surface area contributed by atoms with Crippen LogP contribution in [0, 0.1) is 0 Å². The summed E-state index contributed by atoms with van der Waals surface area (Å²) < 4.78 is 0. The highest BCUT2D eigenvalue weighted by atomic mass is 16.7. The summed E-state index contributed by atoms with van der Waals surface area (Å²) in [5.74, 6) is 0.862. The second-order valence-corrected chi connectivity index (χ2v) is 4.91. The van der Waals surface area contributed by atoms with E-state index in [2.05, 4.69) is 11.1 Å². The lowest BCUT2D eigenvalue weighted by atomic mass is 10.1. The van der Waals surface area contributed by atoms with Crippen molar-refractivity contribution in [1.29, 1.82) is 0 Å². The van der Waals surface area contributed by atoms with Crippen LogP contribution in [0.3, 0.4) is 0 Å². The van der Waals surface area contributed by atoms with Crippen molar-refractivity contribution in [2.24, 2.45) is 0 Å². The van der Waals surface area contributed by atoms with Gasteiger partial charge in [0.25, 0.3) is 0 Å². The van der Waals surface area contributed by atoms with Crippen LogP contribution in [-0.4, -0.2) is 11.5 Å². The Morgan fingerprint density at radius 1 is 0.950 bits per heavy atom. The molecule has 0 aliphatic carbocycles. The Hall–Kier alpha value is -2.55. The van der Waals surface area contributed by atoms with Crippen LogP contribution in [0.15, 0.2) is 60.8 Å². The maximum absolute atomic E-state index is 6.02. The molecule has 3 nitrogen and oxygen atoms in total. The molecule has 2 aromatic carbocycles. The zero-order valence-electron chi connectivity index (χ0n) is 11.0. The molecule has 1 aromatic heterocycles. The summed E-state index contributed by atoms with van der Waals surface area (Å²) in [4.78, 5) is 10.5. The van der Waals surface area contributed by atoms with E-state index in [0.29, 0.717) is 0 Å². The van der Waals surface area contributed by atoms with Crippen LogP contribution < -0.4 is 9.90 Å². The van der Waals surface area contributed by atoms with Crippen molar-refractivity contribution >= 4 is 16.6 Å². The average Bonchev–Trinajstić information content (AvgIpc) is 2.92. The molecule has 0 unspecified atom stereocenters. The summed E-state index contributed by atoms with van der Waals surface area (Å²) in [5, 5.41) is 3.13. The normalized spacial score (nSPS) is 13.5. The van der Waals surface area contributed by atoms with Gasteiger partial charge in [0.1, 0.15) is 0 Å². The molecule has 2 heterocycles. The standard InChI is InChI=1S/C17H14N2O/c1-2-6-14(7-3-1)20-19-11-10-13-12-18-16-9-5-4-8-15(16)17(13)19/h1-9,12H,10-11H2. The van der Waals surface area contributed by atoms with Gasteiger partial charge in [0, 0.05) is 11.6 Å². The Bertz CT molecular complexity index is 755. The molecule has 0 saturated carbocycles. The van der Waals surface area contributed by atoms with Gasteiger partial charge in [-0.15, -0.1) is 0 Å². The van der Waals surface area contributed by atoms with Crippen molar-refractivity contribution in [3.63, 3.8) is 0 Å². The van der Waals surface area contributed by atoms with Crippen LogP contribution in [-0.2, 0) is 6.42 Å². The van der Waals surface area contributed by atoms with Crippen molar-refractivity contribution in [3.8, 4) is 5.75 Å². The van der Waals surface area contributed by atoms with Gasteiger partial charge in [0.2, 0.25) is 0 Å². The third kappa shape index (κ3) is 1.79. The minimum absolute atomic E-state index is 0.861. The lowest BCUT2D eigenvalue weighted by Crippen LogP contribution is -2.24. The second kappa shape index (κ2) is 4.53. The number of benzene rings is 2. The van der Waals surface area contributed by atoms with Gasteiger partial charge in [0.05, 0.1) is 17.7 Å². The molecule has 1 aliphatic rings. The van der Waals surface area contributed by atoms with Crippen molar-refractivity contribution in [3.05, 3.63) is 66.4 Å². The van der Waals surface area contributed by atoms with E-state index in [1.807, 2.05) is 59.8 Å². The van der Waals surface area contributed by atoms with Crippen molar-refractivity contribution in [2.75, 3.05) is 11.6 Å². The molecule has 4 rings (SSSR count). The van der Waals surface area contributed by atoms with Crippen LogP contribution in [0.5, 0.6) is 5.75 Å². The molecule has 1 aliphatic heterocycles. The number of hydroxylamine groups is 1. The fourth-order valence-electron chi connectivity index (χ4n) is 2.68. The molecule has 0 fully saturated rings. The lowest BCUT2D eigenvalue weighted by Gasteiger charge is -2.20. The maximum atomic E-state index is 6.02. The number of pyridine rings is 1. The highest BCUT2D eigenvalue weighted by Gasteiger charge is 2.23. The fraction of sp³-hybridized carbons (Fsp3) is 0.118. The Labute approximate surface area is 117 Å². The summed E-state index contributed by atoms with van der Waals surface area (Å²) in [6.07, 6.45) is 2.94. The Balaban J connectivity index is 1.79. The maximum Gasteiger partial charge on any atom is 0.155 e. The van der Waals surface area contributed by atoms with Gasteiger partial charge in [-0.1, -0.05) is 36.4 Å². The number of rotatable bonds is 2. The number of hydrogen-bond donors (Lipinski definition) is 0. The second-order valence-electron chi connectivity index (χ2n) is 4.91. The van der Waals surface area contributed by atoms with E-state index in [0.717, 1.165) is 35.3 Å². The smallest absolute Gasteiger partial charge is 0.155 e. The molecule has 20 heavy (non-hydrogen) atoms. The Morgan fingerprint density at radius 3 is 2.65 bits per heavy atom. The molecular weight excluding hydrogens is 248 g/mol. The predicted octanol–water partition coefficient (Wildman–Crippen LogP) is 3.59. The first-order valence-corrected chi connectivity index (χ1v) is 6.79. The van der Waals surface area contributed by atoms with Gasteiger partial charge in [0.15, 0.2) is 5.75 Å². The van der Waals surface area contributed by atoms with E-state index < -0.39 is 0 Å². The van der Waals surface area contributed by atoms with E-state index in [1.54, 1.807) is 0 Å². The van der Waals surface area contributed by atoms with E-state index in [-0.39, 0.29) is 0 Å². The van der Waals surface area contributed by atoms with Gasteiger partial charge in [-0.3, -0.25) is 4.98 Å². The third-order valence-electron chi connectivity index (χ3n) is 3.62. The minimum atomic E-state index is 0.861. The van der Waals surface area contributed by atoms with Crippen LogP contribution in [0.1, 0.15) is 5.56 Å². The zero-order valence-corrected chi connectivity index (χ0v) is 11.0. The monoisotopic (exact) mass is 262 g/mol. The first kappa shape index (κ1) is 11.3. The molecule has 3 aromatic rings. The average molecular weight is 262 g/mol. The summed E-state index contributed by atoms with van der Waals surface area (Å²) in [6, 6.07) is 18.1. The van der Waals surface area contributed by atoms with Gasteiger partial charge >= 0.3 is 0 Å². The number of nitrogens with zero attached hydrogens (tertiary/aromatic N) is 2. The van der Waals surface area contributed by atoms with Gasteiger partial charge in [-0.25, -0.2) is 5.06 Å². The number of hydrogen-bond acceptors (Lipinski definition) is 3. The highest BCUT2D eigenvalue weighted by molar-refractivity contribution is 5.93. The van der Waals surface area contributed by atoms with Gasteiger partial charge in [-0.2, -0.15) is 0 Å². The summed E-state index contributed by atoms with van der Waals surface area (Å²) in [6.45, 7) is 0.861. The summed E-state index contributed by atoms with van der Waals surface area (Å²) in [7, 11) is 0. The van der Waals surface area contributed by atoms with Crippen LogP contribution in [0.25, 0.3) is 10.9 Å². The molecule has 98 valence electrons. The highest BCUT2D eigenvalue weighted by Crippen LogP contribution is 2.34. The number of fused-ring (bicyclic) bond motifs is 3. The molecule has 0 bridgehead atoms. The van der Waals surface area contributed by atoms with E-state index in [1.165, 1.54) is 5.56 Å². The SMILES string of the molecule is c1ccc(ON2CCc3cnc4ccccc4c32)cc1. The van der Waals surface area contributed by atoms with E-state index in [4.69, 9.17) is 4.84 Å². The zero-order chi connectivity index (χ0) is 13.4. The number of aromatic nitrogens is 1. The lowest BCUT2D eigenvalue weighted by molar-refractivity contribution is 0.289. The first-order chi connectivity index (χ1) is 9.92. The number of para-hydroxylation sites is 2. The van der Waals surface area contributed by atoms with Gasteiger partial charge in [-0.05, 0) is 30.2 Å². The molecule has 3 heteroatoms. The molecule has 0 saturated heterocycles. The first-order valence-electron chi connectivity index (χ1n) is 6.79. The van der Waals surface area contributed by atoms with E-state index in [9.17, 15) is 0 Å². The van der Waals surface area contributed by atoms with Crippen molar-refractivity contribution in [1.82, 2.24) is 4.98 Å². The predicted molar refractivity (Wildman–Crippen MR) is 79.9 cm³/mol. The molecule has 0 spiro atoms. The topological polar surface area (TPSA) is 25.4 Å². The quantitative estimate of drug-likeness (QED) is 0.705. The number of anilines is 1. The summed E-state index contributed by atoms with van der Waals surface area (Å²) in [5.41, 5.74) is 3.41. The Kier molecular flexibility index (Phi) is 2.56. The third-order valence-corrected chi connectivity index (χ3v) is 3.62. The molecule has 0 N–H and O–H groups in total. The molecule has 0 atom stereocenters.